The minimum Gasteiger partial charge on any atom is -0.390 e. The Labute approximate surface area is 167 Å². The molecule has 1 saturated heterocycles. The van der Waals surface area contributed by atoms with Crippen LogP contribution in [0.5, 0.6) is 0 Å². The van der Waals surface area contributed by atoms with Gasteiger partial charge in [0, 0.05) is 32.7 Å². The van der Waals surface area contributed by atoms with E-state index in [4.69, 9.17) is 0 Å². The smallest absolute Gasteiger partial charge is 0.269 e. The number of aliphatic hydroxyl groups excluding tert-OH is 1. The molecule has 3 heterocycles. The van der Waals surface area contributed by atoms with Crippen molar-refractivity contribution in [3.63, 3.8) is 0 Å². The number of fused-ring (bicyclic) bond motifs is 1. The maximum absolute atomic E-state index is 12.9. The van der Waals surface area contributed by atoms with E-state index in [1.54, 1.807) is 12.1 Å². The third-order valence-corrected chi connectivity index (χ3v) is 6.83. The number of benzene rings is 1. The number of carbonyl (C=O) groups excluding carboxylic acids is 1. The summed E-state index contributed by atoms with van der Waals surface area (Å²) in [5, 5.41) is 10.4. The summed E-state index contributed by atoms with van der Waals surface area (Å²) < 4.78 is 38.8. The van der Waals surface area contributed by atoms with Gasteiger partial charge in [-0.15, -0.1) is 0 Å². The highest BCUT2D eigenvalue weighted by atomic mass is 32.2. The third kappa shape index (κ3) is 3.80. The lowest BCUT2D eigenvalue weighted by atomic mass is 10.2. The number of halogens is 1. The zero-order valence-corrected chi connectivity index (χ0v) is 16.3. The number of piperazine rings is 1. The lowest BCUT2D eigenvalue weighted by molar-refractivity contribution is 0.0700. The Morgan fingerprint density at radius 3 is 2.38 bits per heavy atom. The summed E-state index contributed by atoms with van der Waals surface area (Å²) in [6.45, 7) is 2.30. The van der Waals surface area contributed by atoms with Gasteiger partial charge in [0.15, 0.2) is 5.82 Å². The van der Waals surface area contributed by atoms with Gasteiger partial charge in [0.2, 0.25) is 5.95 Å². The number of rotatable bonds is 5. The summed E-state index contributed by atoms with van der Waals surface area (Å²) in [5.74, 6) is -0.667. The highest BCUT2D eigenvalue weighted by Gasteiger charge is 2.41. The van der Waals surface area contributed by atoms with Crippen LogP contribution in [0.15, 0.2) is 41.6 Å². The molecule has 1 amide bonds. The molecule has 2 aromatic rings. The standard InChI is InChI=1S/C18H20FN5O4S/c19-13-9-20-18(21-10-13)23-7-5-22(6-8-23)11-14(25)12-24-17(26)15-3-1-2-4-16(15)29(24,27)28/h1-4,9-10,14,25H,5-8,11-12H2. The zero-order valence-electron chi connectivity index (χ0n) is 15.5. The van der Waals surface area contributed by atoms with Crippen LogP contribution in [0.3, 0.4) is 0 Å². The Kier molecular flexibility index (Phi) is 5.19. The fourth-order valence-corrected chi connectivity index (χ4v) is 5.16. The predicted octanol–water partition coefficient (Wildman–Crippen LogP) is -0.0567. The molecule has 0 aliphatic carbocycles. The van der Waals surface area contributed by atoms with Gasteiger partial charge in [-0.3, -0.25) is 9.69 Å². The van der Waals surface area contributed by atoms with E-state index in [9.17, 15) is 22.7 Å². The fraction of sp³-hybridized carbons (Fsp3) is 0.389. The van der Waals surface area contributed by atoms with Crippen LogP contribution in [-0.2, 0) is 10.0 Å². The second kappa shape index (κ2) is 7.65. The van der Waals surface area contributed by atoms with E-state index in [0.717, 1.165) is 16.7 Å². The molecular weight excluding hydrogens is 401 g/mol. The molecule has 2 aliphatic heterocycles. The third-order valence-electron chi connectivity index (χ3n) is 5.02. The normalized spacial score (nSPS) is 20.0. The highest BCUT2D eigenvalue weighted by Crippen LogP contribution is 2.30. The lowest BCUT2D eigenvalue weighted by Gasteiger charge is -2.35. The first-order valence-corrected chi connectivity index (χ1v) is 10.6. The molecule has 2 aliphatic rings. The van der Waals surface area contributed by atoms with Crippen LogP contribution in [-0.4, -0.2) is 84.0 Å². The van der Waals surface area contributed by atoms with Crippen LogP contribution >= 0.6 is 0 Å². The number of carbonyl (C=O) groups is 1. The summed E-state index contributed by atoms with van der Waals surface area (Å²) in [7, 11) is -3.93. The van der Waals surface area contributed by atoms with E-state index in [1.807, 2.05) is 9.80 Å². The first kappa shape index (κ1) is 19.7. The van der Waals surface area contributed by atoms with Crippen molar-refractivity contribution in [2.45, 2.75) is 11.0 Å². The number of anilines is 1. The summed E-state index contributed by atoms with van der Waals surface area (Å²) >= 11 is 0. The fourth-order valence-electron chi connectivity index (χ4n) is 3.56. The highest BCUT2D eigenvalue weighted by molar-refractivity contribution is 7.90. The molecule has 1 N–H and O–H groups in total. The number of aliphatic hydroxyl groups is 1. The molecule has 154 valence electrons. The molecule has 1 aromatic carbocycles. The first-order valence-electron chi connectivity index (χ1n) is 9.15. The molecule has 0 bridgehead atoms. The van der Waals surface area contributed by atoms with Crippen molar-refractivity contribution >= 4 is 21.9 Å². The molecule has 1 unspecified atom stereocenters. The van der Waals surface area contributed by atoms with E-state index in [1.165, 1.54) is 12.1 Å². The Morgan fingerprint density at radius 1 is 1.07 bits per heavy atom. The summed E-state index contributed by atoms with van der Waals surface area (Å²) in [6, 6.07) is 6.04. The topological polar surface area (TPSA) is 107 Å². The lowest BCUT2D eigenvalue weighted by Crippen LogP contribution is -2.50. The van der Waals surface area contributed by atoms with Crippen molar-refractivity contribution in [2.75, 3.05) is 44.2 Å². The Balaban J connectivity index is 1.34. The maximum Gasteiger partial charge on any atom is 0.269 e. The van der Waals surface area contributed by atoms with Gasteiger partial charge >= 0.3 is 0 Å². The van der Waals surface area contributed by atoms with Gasteiger partial charge in [-0.25, -0.2) is 27.1 Å². The molecule has 0 radical (unpaired) electrons. The Bertz CT molecular complexity index is 1010. The van der Waals surface area contributed by atoms with Crippen molar-refractivity contribution < 1.29 is 22.7 Å². The second-order valence-electron chi connectivity index (χ2n) is 6.98. The van der Waals surface area contributed by atoms with Gasteiger partial charge in [-0.05, 0) is 12.1 Å². The van der Waals surface area contributed by atoms with Crippen molar-refractivity contribution in [3.8, 4) is 0 Å². The molecule has 11 heteroatoms. The molecule has 0 spiro atoms. The number of β-amino-alcohol motifs (C(OH)–C–C–N with tert-alkyl or cyclic N) is 1. The molecule has 4 rings (SSSR count). The second-order valence-corrected chi connectivity index (χ2v) is 8.81. The van der Waals surface area contributed by atoms with Crippen LogP contribution in [0.1, 0.15) is 10.4 Å². The summed E-state index contributed by atoms with van der Waals surface area (Å²) in [6.07, 6.45) is 1.21. The van der Waals surface area contributed by atoms with Crippen molar-refractivity contribution in [1.29, 1.82) is 0 Å². The number of amides is 1. The van der Waals surface area contributed by atoms with Crippen LogP contribution in [0, 0.1) is 5.82 Å². The number of hydrogen-bond donors (Lipinski definition) is 1. The van der Waals surface area contributed by atoms with Gasteiger partial charge in [0.05, 0.1) is 30.6 Å². The van der Waals surface area contributed by atoms with E-state index in [-0.39, 0.29) is 23.5 Å². The molecule has 9 nitrogen and oxygen atoms in total. The first-order chi connectivity index (χ1) is 13.9. The monoisotopic (exact) mass is 421 g/mol. The summed E-state index contributed by atoms with van der Waals surface area (Å²) in [5.41, 5.74) is 0.132. The number of sulfonamides is 1. The van der Waals surface area contributed by atoms with Crippen molar-refractivity contribution in [1.82, 2.24) is 19.2 Å². The zero-order chi connectivity index (χ0) is 20.6. The van der Waals surface area contributed by atoms with Crippen LogP contribution in [0.2, 0.25) is 0 Å². The van der Waals surface area contributed by atoms with Crippen molar-refractivity contribution in [2.24, 2.45) is 0 Å². The number of aromatic nitrogens is 2. The van der Waals surface area contributed by atoms with Gasteiger partial charge < -0.3 is 10.0 Å². The largest absolute Gasteiger partial charge is 0.390 e. The Morgan fingerprint density at radius 2 is 1.72 bits per heavy atom. The van der Waals surface area contributed by atoms with Gasteiger partial charge in [0.1, 0.15) is 4.90 Å². The Hall–Kier alpha value is -2.63. The van der Waals surface area contributed by atoms with Crippen LogP contribution in [0.4, 0.5) is 10.3 Å². The predicted molar refractivity (Wildman–Crippen MR) is 101 cm³/mol. The maximum atomic E-state index is 12.9. The number of nitrogens with zero attached hydrogens (tertiary/aromatic N) is 5. The SMILES string of the molecule is O=C1c2ccccc2S(=O)(=O)N1CC(O)CN1CCN(c2ncc(F)cn2)CC1. The minimum atomic E-state index is -3.93. The minimum absolute atomic E-state index is 0.0230. The van der Waals surface area contributed by atoms with E-state index < -0.39 is 27.9 Å². The van der Waals surface area contributed by atoms with Gasteiger partial charge in [0.25, 0.3) is 15.9 Å². The van der Waals surface area contributed by atoms with E-state index in [0.29, 0.717) is 32.1 Å². The van der Waals surface area contributed by atoms with Crippen LogP contribution in [0.25, 0.3) is 0 Å². The molecular formula is C18H20FN5O4S. The van der Waals surface area contributed by atoms with Gasteiger partial charge in [-0.2, -0.15) is 0 Å². The van der Waals surface area contributed by atoms with E-state index >= 15 is 0 Å². The average Bonchev–Trinajstić information content (AvgIpc) is 2.90. The quantitative estimate of drug-likeness (QED) is 0.716. The molecule has 1 fully saturated rings. The average molecular weight is 421 g/mol. The summed E-state index contributed by atoms with van der Waals surface area (Å²) in [4.78, 5) is 24.2. The van der Waals surface area contributed by atoms with Crippen LogP contribution < -0.4 is 4.90 Å². The number of hydrogen-bond acceptors (Lipinski definition) is 8. The van der Waals surface area contributed by atoms with Crippen molar-refractivity contribution in [3.05, 3.63) is 48.0 Å². The molecule has 29 heavy (non-hydrogen) atoms. The van der Waals surface area contributed by atoms with Gasteiger partial charge in [-0.1, -0.05) is 12.1 Å². The molecule has 1 aromatic heterocycles. The van der Waals surface area contributed by atoms with E-state index in [2.05, 4.69) is 9.97 Å². The molecule has 0 saturated carbocycles. The molecule has 1 atom stereocenters.